The summed E-state index contributed by atoms with van der Waals surface area (Å²) in [6.45, 7) is 2.22. The third-order valence-electron chi connectivity index (χ3n) is 3.56. The Bertz CT molecular complexity index is 462. The minimum Gasteiger partial charge on any atom is -0.494 e. The summed E-state index contributed by atoms with van der Waals surface area (Å²) in [5.41, 5.74) is 0.979. The summed E-state index contributed by atoms with van der Waals surface area (Å²) in [5, 5.41) is 8.94. The van der Waals surface area contributed by atoms with Crippen LogP contribution in [0.5, 0.6) is 5.75 Å². The number of aliphatic carboxylic acids is 1. The first-order chi connectivity index (χ1) is 9.10. The molecule has 6 heteroatoms. The number of piperidine rings is 1. The average Bonchev–Trinajstić information content (AvgIpc) is 2.41. The van der Waals surface area contributed by atoms with E-state index in [0.29, 0.717) is 19.4 Å². The molecule has 4 nitrogen and oxygen atoms in total. The van der Waals surface area contributed by atoms with Crippen LogP contribution < -0.4 is 4.74 Å². The van der Waals surface area contributed by atoms with E-state index in [9.17, 15) is 9.18 Å². The van der Waals surface area contributed by atoms with Gasteiger partial charge in [0.2, 0.25) is 0 Å². The van der Waals surface area contributed by atoms with Gasteiger partial charge in [-0.15, -0.1) is 12.4 Å². The smallest absolute Gasteiger partial charge is 0.306 e. The summed E-state index contributed by atoms with van der Waals surface area (Å²) in [4.78, 5) is 13.1. The zero-order valence-corrected chi connectivity index (χ0v) is 12.2. The summed E-state index contributed by atoms with van der Waals surface area (Å²) < 4.78 is 18.2. The molecular weight excluding hydrogens is 285 g/mol. The Labute approximate surface area is 123 Å². The lowest BCUT2D eigenvalue weighted by Gasteiger charge is -2.30. The molecule has 0 bridgehead atoms. The predicted octanol–water partition coefficient (Wildman–Crippen LogP) is 2.55. The van der Waals surface area contributed by atoms with Crippen molar-refractivity contribution in [1.82, 2.24) is 4.90 Å². The third-order valence-corrected chi connectivity index (χ3v) is 3.56. The van der Waals surface area contributed by atoms with Crippen molar-refractivity contribution >= 4 is 18.4 Å². The van der Waals surface area contributed by atoms with Gasteiger partial charge in [-0.25, -0.2) is 4.39 Å². The number of methoxy groups -OCH3 is 1. The van der Waals surface area contributed by atoms with Crippen molar-refractivity contribution in [3.05, 3.63) is 29.6 Å². The number of benzene rings is 1. The molecule has 0 aromatic heterocycles. The number of hydrogen-bond acceptors (Lipinski definition) is 3. The molecule has 0 amide bonds. The first-order valence-electron chi connectivity index (χ1n) is 6.37. The van der Waals surface area contributed by atoms with E-state index in [4.69, 9.17) is 9.84 Å². The van der Waals surface area contributed by atoms with E-state index < -0.39 is 5.97 Å². The van der Waals surface area contributed by atoms with Gasteiger partial charge in [0, 0.05) is 6.54 Å². The van der Waals surface area contributed by atoms with E-state index in [2.05, 4.69) is 4.90 Å². The molecule has 0 saturated carbocycles. The molecule has 1 aliphatic heterocycles. The second-order valence-electron chi connectivity index (χ2n) is 4.86. The molecule has 20 heavy (non-hydrogen) atoms. The zero-order valence-electron chi connectivity index (χ0n) is 11.3. The number of carboxylic acid groups (broad SMARTS) is 1. The fourth-order valence-corrected chi connectivity index (χ4v) is 2.40. The molecule has 1 N–H and O–H groups in total. The van der Waals surface area contributed by atoms with Gasteiger partial charge < -0.3 is 9.84 Å². The highest BCUT2D eigenvalue weighted by Gasteiger charge is 2.24. The zero-order chi connectivity index (χ0) is 13.8. The standard InChI is InChI=1S/C14H18FNO3.ClH/c1-19-13-8-10(2-3-12(13)15)9-16-6-4-11(5-7-16)14(17)18;/h2-3,8,11H,4-7,9H2,1H3,(H,17,18);1H. The average molecular weight is 304 g/mol. The quantitative estimate of drug-likeness (QED) is 0.929. The van der Waals surface area contributed by atoms with Gasteiger partial charge in [0.15, 0.2) is 11.6 Å². The van der Waals surface area contributed by atoms with Crippen LogP contribution in [0.15, 0.2) is 18.2 Å². The van der Waals surface area contributed by atoms with E-state index in [1.54, 1.807) is 12.1 Å². The first kappa shape index (κ1) is 16.7. The molecule has 1 aliphatic rings. The Morgan fingerprint density at radius 3 is 2.65 bits per heavy atom. The van der Waals surface area contributed by atoms with Gasteiger partial charge in [-0.3, -0.25) is 9.69 Å². The van der Waals surface area contributed by atoms with Crippen LogP contribution in [-0.4, -0.2) is 36.2 Å². The fraction of sp³-hybridized carbons (Fsp3) is 0.500. The van der Waals surface area contributed by atoms with Gasteiger partial charge in [0.05, 0.1) is 13.0 Å². The Kier molecular flexibility index (Phi) is 6.23. The lowest BCUT2D eigenvalue weighted by molar-refractivity contribution is -0.143. The number of hydrogen-bond donors (Lipinski definition) is 1. The van der Waals surface area contributed by atoms with Gasteiger partial charge in [-0.1, -0.05) is 6.07 Å². The van der Waals surface area contributed by atoms with Crippen LogP contribution in [0.4, 0.5) is 4.39 Å². The maximum atomic E-state index is 13.3. The van der Waals surface area contributed by atoms with Crippen molar-refractivity contribution in [2.45, 2.75) is 19.4 Å². The number of carbonyl (C=O) groups is 1. The van der Waals surface area contributed by atoms with Gasteiger partial charge >= 0.3 is 5.97 Å². The molecule has 1 fully saturated rings. The van der Waals surface area contributed by atoms with Crippen LogP contribution >= 0.6 is 12.4 Å². The molecule has 112 valence electrons. The summed E-state index contributed by atoms with van der Waals surface area (Å²) in [6, 6.07) is 4.83. The Hall–Kier alpha value is -1.33. The van der Waals surface area contributed by atoms with Crippen LogP contribution in [0, 0.1) is 11.7 Å². The minimum atomic E-state index is -0.705. The molecule has 1 saturated heterocycles. The lowest BCUT2D eigenvalue weighted by atomic mass is 9.97. The monoisotopic (exact) mass is 303 g/mol. The summed E-state index contributed by atoms with van der Waals surface area (Å²) in [5.74, 6) is -1.05. The molecule has 2 rings (SSSR count). The summed E-state index contributed by atoms with van der Waals surface area (Å²) in [6.07, 6.45) is 1.35. The fourth-order valence-electron chi connectivity index (χ4n) is 2.40. The summed E-state index contributed by atoms with van der Waals surface area (Å²) in [7, 11) is 1.44. The molecule has 1 aromatic carbocycles. The van der Waals surface area contributed by atoms with Gasteiger partial charge in [0.25, 0.3) is 0 Å². The Morgan fingerprint density at radius 1 is 1.45 bits per heavy atom. The van der Waals surface area contributed by atoms with Crippen molar-refractivity contribution in [2.75, 3.05) is 20.2 Å². The number of carboxylic acids is 1. The molecule has 1 heterocycles. The van der Waals surface area contributed by atoms with Crippen LogP contribution in [0.3, 0.4) is 0 Å². The highest BCUT2D eigenvalue weighted by atomic mass is 35.5. The van der Waals surface area contributed by atoms with Crippen molar-refractivity contribution in [1.29, 1.82) is 0 Å². The van der Waals surface area contributed by atoms with Crippen LogP contribution in [0.25, 0.3) is 0 Å². The highest BCUT2D eigenvalue weighted by Crippen LogP contribution is 2.22. The normalized spacial score (nSPS) is 16.5. The maximum Gasteiger partial charge on any atom is 0.306 e. The SMILES string of the molecule is COc1cc(CN2CCC(C(=O)O)CC2)ccc1F.Cl. The number of rotatable bonds is 4. The van der Waals surface area contributed by atoms with Gasteiger partial charge in [-0.2, -0.15) is 0 Å². The highest BCUT2D eigenvalue weighted by molar-refractivity contribution is 5.85. The van der Waals surface area contributed by atoms with Crippen LogP contribution in [0.2, 0.25) is 0 Å². The molecule has 0 atom stereocenters. The molecule has 0 unspecified atom stereocenters. The predicted molar refractivity (Wildman–Crippen MR) is 75.8 cm³/mol. The van der Waals surface area contributed by atoms with Crippen molar-refractivity contribution < 1.29 is 19.0 Å². The summed E-state index contributed by atoms with van der Waals surface area (Å²) >= 11 is 0. The largest absolute Gasteiger partial charge is 0.494 e. The van der Waals surface area contributed by atoms with Gasteiger partial charge in [0.1, 0.15) is 0 Å². The van der Waals surface area contributed by atoms with Crippen molar-refractivity contribution in [3.8, 4) is 5.75 Å². The number of nitrogens with zero attached hydrogens (tertiary/aromatic N) is 1. The van der Waals surface area contributed by atoms with E-state index in [1.807, 2.05) is 0 Å². The molecule has 1 aromatic rings. The maximum absolute atomic E-state index is 13.3. The first-order valence-corrected chi connectivity index (χ1v) is 6.37. The minimum absolute atomic E-state index is 0. The van der Waals surface area contributed by atoms with E-state index in [1.165, 1.54) is 13.2 Å². The van der Waals surface area contributed by atoms with E-state index >= 15 is 0 Å². The van der Waals surface area contributed by atoms with Gasteiger partial charge in [-0.05, 0) is 43.6 Å². The van der Waals surface area contributed by atoms with E-state index in [-0.39, 0.29) is 29.9 Å². The Balaban J connectivity index is 0.00000200. The van der Waals surface area contributed by atoms with Crippen molar-refractivity contribution in [2.24, 2.45) is 5.92 Å². The topological polar surface area (TPSA) is 49.8 Å². The Morgan fingerprint density at radius 2 is 2.10 bits per heavy atom. The molecule has 0 spiro atoms. The second kappa shape index (κ2) is 7.45. The third kappa shape index (κ3) is 4.08. The van der Waals surface area contributed by atoms with E-state index in [0.717, 1.165) is 18.7 Å². The number of ether oxygens (including phenoxy) is 1. The number of likely N-dealkylation sites (tertiary alicyclic amines) is 1. The molecule has 0 aliphatic carbocycles. The molecule has 0 radical (unpaired) electrons. The van der Waals surface area contributed by atoms with Crippen molar-refractivity contribution in [3.63, 3.8) is 0 Å². The number of halogens is 2. The second-order valence-corrected chi connectivity index (χ2v) is 4.86. The van der Waals surface area contributed by atoms with Crippen LogP contribution in [0.1, 0.15) is 18.4 Å². The molecular formula is C14H19ClFNO3. The van der Waals surface area contributed by atoms with Crippen LogP contribution in [-0.2, 0) is 11.3 Å². The lowest BCUT2D eigenvalue weighted by Crippen LogP contribution is -2.35.